The Morgan fingerprint density at radius 1 is 0.596 bits per heavy atom. The van der Waals surface area contributed by atoms with Crippen LogP contribution in [0.5, 0.6) is 0 Å². The molecule has 2 aliphatic heterocycles. The number of hydrogen-bond donors (Lipinski definition) is 1. The number of Topliss-reactive ketones (excluding diaryl/α,β-unsaturated/α-hetero) is 2. The highest BCUT2D eigenvalue weighted by Crippen LogP contribution is 2.53. The smallest absolute Gasteiger partial charge is 0.421 e. The first-order valence-electron chi connectivity index (χ1n) is 18.9. The van der Waals surface area contributed by atoms with E-state index in [1.54, 1.807) is 68.4 Å². The van der Waals surface area contributed by atoms with Gasteiger partial charge in [0, 0.05) is 22.7 Å². The molecule has 10 atom stereocenters. The fraction of sp³-hybridized carbons (Fsp3) is 0.429. The van der Waals surface area contributed by atoms with Gasteiger partial charge in [-0.05, 0) is 48.3 Å². The molecule has 2 saturated heterocycles. The Kier molecular flexibility index (Phi) is 12.2. The van der Waals surface area contributed by atoms with E-state index in [1.165, 1.54) is 0 Å². The minimum atomic E-state index is -1.23. The number of amides is 4. The number of nitrogens with zero attached hydrogens (tertiary/aromatic N) is 2. The van der Waals surface area contributed by atoms with Gasteiger partial charge in [0.25, 0.3) is 23.6 Å². The molecule has 2 saturated carbocycles. The topological polar surface area (TPSA) is 191 Å². The number of fused-ring (bicyclic) bond motifs is 10. The molecule has 0 spiro atoms. The van der Waals surface area contributed by atoms with Crippen molar-refractivity contribution in [3.63, 3.8) is 0 Å². The number of benzene rings is 2. The Balaban J connectivity index is 0.000000160. The third-order valence-corrected chi connectivity index (χ3v) is 11.4. The average molecular weight is 803 g/mol. The molecule has 4 aliphatic carbocycles. The lowest BCUT2D eigenvalue weighted by atomic mass is 9.85. The molecule has 4 fully saturated rings. The average Bonchev–Trinajstić information content (AvgIpc) is 4.07. The van der Waals surface area contributed by atoms with Crippen LogP contribution in [0.2, 0.25) is 0 Å². The SMILES string of the molecule is CC(C)[C@H](O)C(=O)c1ccccc1.CC(C)[C@H](OC(=O)ON1C(=O)C2C3C=CC(C3)C2C1=O)C(=O)c1ccccc1.O=C(Cl)ON1C(=O)C2C3C=CC(C3)C2C1=O. The third kappa shape index (κ3) is 8.19. The summed E-state index contributed by atoms with van der Waals surface area (Å²) in [6, 6.07) is 17.3. The largest absolute Gasteiger partial charge is 0.534 e. The highest BCUT2D eigenvalue weighted by atomic mass is 35.5. The van der Waals surface area contributed by atoms with Crippen LogP contribution in [0.25, 0.3) is 0 Å². The van der Waals surface area contributed by atoms with Crippen molar-refractivity contribution in [1.82, 2.24) is 10.1 Å². The van der Waals surface area contributed by atoms with Crippen LogP contribution in [0.4, 0.5) is 9.59 Å². The summed E-state index contributed by atoms with van der Waals surface area (Å²) in [6.07, 6.45) is 6.25. The lowest BCUT2D eigenvalue weighted by Gasteiger charge is -2.21. The van der Waals surface area contributed by atoms with E-state index >= 15 is 0 Å². The molecule has 4 amide bonds. The molecule has 6 aliphatic rings. The van der Waals surface area contributed by atoms with Gasteiger partial charge < -0.3 is 14.7 Å². The highest BCUT2D eigenvalue weighted by Gasteiger charge is 2.62. The van der Waals surface area contributed by atoms with Crippen molar-refractivity contribution in [1.29, 1.82) is 0 Å². The van der Waals surface area contributed by atoms with Crippen LogP contribution in [0, 0.1) is 59.2 Å². The van der Waals surface area contributed by atoms with Crippen LogP contribution in [0.3, 0.4) is 0 Å². The predicted octanol–water partition coefficient (Wildman–Crippen LogP) is 5.74. The van der Waals surface area contributed by atoms with E-state index in [0.717, 1.165) is 12.8 Å². The Bertz CT molecular complexity index is 1940. The van der Waals surface area contributed by atoms with E-state index in [2.05, 4.69) is 4.84 Å². The summed E-state index contributed by atoms with van der Waals surface area (Å²) < 4.78 is 5.21. The minimum Gasteiger partial charge on any atom is -0.421 e. The number of ether oxygens (including phenoxy) is 1. The van der Waals surface area contributed by atoms with Gasteiger partial charge in [0.15, 0.2) is 11.9 Å². The first kappa shape index (κ1) is 41.2. The van der Waals surface area contributed by atoms with Crippen LogP contribution in [0.15, 0.2) is 85.0 Å². The lowest BCUT2D eigenvalue weighted by Crippen LogP contribution is -2.39. The number of hydroxylamine groups is 4. The number of aliphatic hydroxyl groups is 1. The number of carbonyl (C=O) groups is 8. The van der Waals surface area contributed by atoms with Gasteiger partial charge in [-0.1, -0.05) is 118 Å². The van der Waals surface area contributed by atoms with Crippen molar-refractivity contribution in [2.75, 3.05) is 0 Å². The molecule has 1 N–H and O–H groups in total. The van der Waals surface area contributed by atoms with E-state index in [-0.39, 0.29) is 58.9 Å². The van der Waals surface area contributed by atoms with Crippen molar-refractivity contribution in [3.8, 4) is 0 Å². The van der Waals surface area contributed by atoms with Crippen molar-refractivity contribution in [2.24, 2.45) is 59.2 Å². The number of imide groups is 2. The van der Waals surface area contributed by atoms with E-state index in [0.29, 0.717) is 21.3 Å². The van der Waals surface area contributed by atoms with E-state index in [4.69, 9.17) is 21.2 Å². The lowest BCUT2D eigenvalue weighted by molar-refractivity contribution is -0.181. The third-order valence-electron chi connectivity index (χ3n) is 11.3. The molecule has 0 radical (unpaired) electrons. The Morgan fingerprint density at radius 3 is 1.32 bits per heavy atom. The molecule has 14 nitrogen and oxygen atoms in total. The maximum Gasteiger partial charge on any atom is 0.534 e. The molecule has 57 heavy (non-hydrogen) atoms. The zero-order valence-electron chi connectivity index (χ0n) is 31.6. The molecule has 300 valence electrons. The van der Waals surface area contributed by atoms with Gasteiger partial charge in [-0.15, -0.1) is 5.06 Å². The normalized spacial score (nSPS) is 28.1. The van der Waals surface area contributed by atoms with Gasteiger partial charge in [0.1, 0.15) is 6.10 Å². The van der Waals surface area contributed by atoms with Gasteiger partial charge in [-0.2, -0.15) is 0 Å². The molecule has 8 rings (SSSR count). The molecule has 2 aromatic rings. The summed E-state index contributed by atoms with van der Waals surface area (Å²) in [6.45, 7) is 7.12. The summed E-state index contributed by atoms with van der Waals surface area (Å²) in [5.74, 6) is -4.27. The summed E-state index contributed by atoms with van der Waals surface area (Å²) in [5.41, 5.74) is -0.190. The van der Waals surface area contributed by atoms with Crippen molar-refractivity contribution in [3.05, 3.63) is 96.1 Å². The van der Waals surface area contributed by atoms with Crippen LogP contribution in [0.1, 0.15) is 61.3 Å². The van der Waals surface area contributed by atoms with Crippen molar-refractivity contribution in [2.45, 2.75) is 52.7 Å². The zero-order chi connectivity index (χ0) is 41.3. The summed E-state index contributed by atoms with van der Waals surface area (Å²) in [5, 5.41) is 10.5. The van der Waals surface area contributed by atoms with Gasteiger partial charge in [-0.3, -0.25) is 33.6 Å². The number of rotatable bonds is 9. The Morgan fingerprint density at radius 2 is 0.965 bits per heavy atom. The minimum absolute atomic E-state index is 0.0131. The molecule has 4 bridgehead atoms. The number of ketones is 2. The van der Waals surface area contributed by atoms with Crippen LogP contribution < -0.4 is 0 Å². The second-order valence-corrected chi connectivity index (χ2v) is 15.9. The molecular weight excluding hydrogens is 760 g/mol. The molecule has 2 heterocycles. The first-order chi connectivity index (χ1) is 27.1. The zero-order valence-corrected chi connectivity index (χ0v) is 32.4. The fourth-order valence-electron chi connectivity index (χ4n) is 8.54. The Hall–Kier alpha value is -5.47. The van der Waals surface area contributed by atoms with Crippen LogP contribution >= 0.6 is 11.6 Å². The highest BCUT2D eigenvalue weighted by molar-refractivity contribution is 6.61. The maximum absolute atomic E-state index is 12.7. The standard InChI is InChI=1S/C21H21NO6.C11H14O2.C10H8ClNO4/c1-11(2)18(17(23)12-6-4-3-5-7-12)27-21(26)28-22-19(24)15-13-8-9-14(10-13)16(15)20(22)25;1-8(2)10(12)11(13)9-6-4-3-5-7-9;11-10(15)16-12-8(13)6-4-1-2-5(3-4)7(6)9(12)14/h3-9,11,13-16,18H,10H2,1-2H3;3-8,10,12H,1-2H3;1-2,4-7H,3H2/t13?,14?,15?,16?,18-;10-;/m00./s1. The van der Waals surface area contributed by atoms with Gasteiger partial charge in [0.05, 0.1) is 23.7 Å². The fourth-order valence-corrected chi connectivity index (χ4v) is 8.61. The molecule has 8 unspecified atom stereocenters. The maximum atomic E-state index is 12.7. The predicted molar refractivity (Wildman–Crippen MR) is 200 cm³/mol. The van der Waals surface area contributed by atoms with Crippen molar-refractivity contribution >= 4 is 58.4 Å². The molecule has 15 heteroatoms. The number of allylic oxidation sites excluding steroid dienone is 4. The van der Waals surface area contributed by atoms with Crippen molar-refractivity contribution < 1.29 is 57.9 Å². The first-order valence-corrected chi connectivity index (χ1v) is 19.2. The monoisotopic (exact) mass is 802 g/mol. The number of hydrogen-bond acceptors (Lipinski definition) is 12. The molecular formula is C42H43ClN2O12. The number of halogens is 1. The summed E-state index contributed by atoms with van der Waals surface area (Å²) in [7, 11) is 0. The van der Waals surface area contributed by atoms with Gasteiger partial charge >= 0.3 is 11.6 Å². The summed E-state index contributed by atoms with van der Waals surface area (Å²) >= 11 is 5.01. The van der Waals surface area contributed by atoms with E-state index < -0.39 is 59.3 Å². The van der Waals surface area contributed by atoms with Crippen LogP contribution in [-0.2, 0) is 33.6 Å². The second kappa shape index (κ2) is 16.9. The second-order valence-electron chi connectivity index (χ2n) is 15.5. The number of carbonyl (C=O) groups excluding carboxylic acids is 8. The molecule has 0 aromatic heterocycles. The molecule has 2 aromatic carbocycles. The van der Waals surface area contributed by atoms with Crippen LogP contribution in [-0.4, -0.2) is 74.2 Å². The van der Waals surface area contributed by atoms with Gasteiger partial charge in [0.2, 0.25) is 5.78 Å². The quantitative estimate of drug-likeness (QED) is 0.107. The number of aliphatic hydroxyl groups excluding tert-OH is 1. The summed E-state index contributed by atoms with van der Waals surface area (Å²) in [4.78, 5) is 105. The van der Waals surface area contributed by atoms with E-state index in [9.17, 15) is 43.5 Å². The Labute approximate surface area is 333 Å². The van der Waals surface area contributed by atoms with Gasteiger partial charge in [-0.25, -0.2) is 9.59 Å². The van der Waals surface area contributed by atoms with E-state index in [1.807, 2.05) is 44.2 Å².